The Morgan fingerprint density at radius 1 is 1.11 bits per heavy atom. The number of ether oxygens (including phenoxy) is 2. The highest BCUT2D eigenvalue weighted by atomic mass is 16.5. The standard InChI is InChI=1S/C31H29N3O3/c1-20(35)37-31(26-11-13-32-29-10-9-25(36-2)17-27(26)29)30-16-22-12-14-34(30)19-24(22)8-7-21-15-23-5-3-4-6-28(23)33-18-21/h3-6,9-11,13,15,17-18,22,24,30-31H,12,14,16,19H2,1-2H3/t22-,24-,30+,31-/m0/s1. The number of hydrogen-bond donors (Lipinski definition) is 0. The van der Waals surface area contributed by atoms with Crippen LogP contribution in [-0.4, -0.2) is 47.1 Å². The number of hydrogen-bond acceptors (Lipinski definition) is 6. The van der Waals surface area contributed by atoms with Crippen LogP contribution in [-0.2, 0) is 9.53 Å². The van der Waals surface area contributed by atoms with Crippen LogP contribution in [0.5, 0.6) is 5.75 Å². The number of aromatic nitrogens is 2. The predicted octanol–water partition coefficient (Wildman–Crippen LogP) is 5.16. The Kier molecular flexibility index (Phi) is 6.23. The zero-order valence-corrected chi connectivity index (χ0v) is 21.1. The van der Waals surface area contributed by atoms with Crippen molar-refractivity contribution in [3.63, 3.8) is 0 Å². The molecule has 5 atom stereocenters. The molecule has 3 aliphatic rings. The molecular weight excluding hydrogens is 462 g/mol. The summed E-state index contributed by atoms with van der Waals surface area (Å²) in [4.78, 5) is 23.8. The summed E-state index contributed by atoms with van der Waals surface area (Å²) >= 11 is 0. The van der Waals surface area contributed by atoms with Crippen molar-refractivity contribution in [2.75, 3.05) is 20.2 Å². The van der Waals surface area contributed by atoms with Crippen LogP contribution in [0.3, 0.4) is 0 Å². The van der Waals surface area contributed by atoms with Gasteiger partial charge in [0.15, 0.2) is 0 Å². The molecule has 7 rings (SSSR count). The summed E-state index contributed by atoms with van der Waals surface area (Å²) in [5.74, 6) is 8.16. The first-order valence-corrected chi connectivity index (χ1v) is 12.8. The van der Waals surface area contributed by atoms with E-state index in [4.69, 9.17) is 9.47 Å². The summed E-state index contributed by atoms with van der Waals surface area (Å²) < 4.78 is 11.5. The molecule has 3 aliphatic heterocycles. The maximum absolute atomic E-state index is 12.2. The zero-order valence-electron chi connectivity index (χ0n) is 21.1. The molecule has 4 aromatic rings. The highest BCUT2D eigenvalue weighted by Gasteiger charge is 2.44. The Bertz CT molecular complexity index is 1540. The van der Waals surface area contributed by atoms with Crippen molar-refractivity contribution in [1.29, 1.82) is 0 Å². The third-order valence-corrected chi connectivity index (χ3v) is 7.72. The number of rotatable bonds is 4. The summed E-state index contributed by atoms with van der Waals surface area (Å²) in [6, 6.07) is 18.1. The first-order valence-electron chi connectivity index (χ1n) is 12.8. The van der Waals surface area contributed by atoms with E-state index in [1.807, 2.05) is 48.7 Å². The average molecular weight is 492 g/mol. The molecule has 0 aliphatic carbocycles. The molecule has 6 nitrogen and oxygen atoms in total. The Balaban J connectivity index is 1.28. The largest absolute Gasteiger partial charge is 0.497 e. The molecule has 6 heteroatoms. The van der Waals surface area contributed by atoms with Gasteiger partial charge in [-0.1, -0.05) is 30.0 Å². The molecule has 186 valence electrons. The minimum Gasteiger partial charge on any atom is -0.497 e. The van der Waals surface area contributed by atoms with Crippen LogP contribution in [0.15, 0.2) is 67.0 Å². The van der Waals surface area contributed by atoms with Crippen LogP contribution < -0.4 is 4.74 Å². The van der Waals surface area contributed by atoms with Crippen LogP contribution in [0.1, 0.15) is 37.0 Å². The van der Waals surface area contributed by atoms with Crippen molar-refractivity contribution >= 4 is 27.8 Å². The fraction of sp³-hybridized carbons (Fsp3) is 0.323. The van der Waals surface area contributed by atoms with Gasteiger partial charge in [0.2, 0.25) is 0 Å². The topological polar surface area (TPSA) is 64.6 Å². The Hall–Kier alpha value is -3.95. The fourth-order valence-corrected chi connectivity index (χ4v) is 5.91. The van der Waals surface area contributed by atoms with Crippen molar-refractivity contribution in [2.24, 2.45) is 11.8 Å². The van der Waals surface area contributed by atoms with Gasteiger partial charge in [-0.05, 0) is 61.7 Å². The van der Waals surface area contributed by atoms with E-state index in [-0.39, 0.29) is 24.0 Å². The number of carbonyl (C=O) groups is 1. The van der Waals surface area contributed by atoms with Gasteiger partial charge in [-0.15, -0.1) is 0 Å². The second kappa shape index (κ2) is 9.84. The van der Waals surface area contributed by atoms with Crippen molar-refractivity contribution in [2.45, 2.75) is 31.9 Å². The molecule has 2 aromatic heterocycles. The van der Waals surface area contributed by atoms with E-state index < -0.39 is 0 Å². The van der Waals surface area contributed by atoms with Gasteiger partial charge in [-0.3, -0.25) is 19.7 Å². The number of fused-ring (bicyclic) bond motifs is 5. The molecule has 3 saturated heterocycles. The van der Waals surface area contributed by atoms with E-state index in [2.05, 4.69) is 38.8 Å². The predicted molar refractivity (Wildman–Crippen MR) is 143 cm³/mol. The number of pyridine rings is 2. The van der Waals surface area contributed by atoms with Crippen molar-refractivity contribution in [1.82, 2.24) is 14.9 Å². The van der Waals surface area contributed by atoms with Gasteiger partial charge in [-0.25, -0.2) is 0 Å². The second-order valence-corrected chi connectivity index (χ2v) is 9.95. The van der Waals surface area contributed by atoms with E-state index in [0.29, 0.717) is 5.92 Å². The summed E-state index contributed by atoms with van der Waals surface area (Å²) in [6.07, 6.45) is 5.31. The lowest BCUT2D eigenvalue weighted by atomic mass is 9.73. The van der Waals surface area contributed by atoms with Gasteiger partial charge in [0.05, 0.1) is 24.2 Å². The molecule has 2 bridgehead atoms. The number of nitrogens with zero attached hydrogens (tertiary/aromatic N) is 3. The van der Waals surface area contributed by atoms with E-state index >= 15 is 0 Å². The molecule has 0 N–H and O–H groups in total. The number of benzene rings is 2. The number of methoxy groups -OCH3 is 1. The third-order valence-electron chi connectivity index (χ3n) is 7.72. The van der Waals surface area contributed by atoms with Crippen LogP contribution in [0.4, 0.5) is 0 Å². The van der Waals surface area contributed by atoms with Gasteiger partial charge >= 0.3 is 5.97 Å². The third kappa shape index (κ3) is 4.63. The van der Waals surface area contributed by atoms with Crippen molar-refractivity contribution < 1.29 is 14.3 Å². The average Bonchev–Trinajstić information content (AvgIpc) is 2.94. The van der Waals surface area contributed by atoms with Crippen LogP contribution in [0.2, 0.25) is 0 Å². The quantitative estimate of drug-likeness (QED) is 0.290. The van der Waals surface area contributed by atoms with E-state index in [1.54, 1.807) is 13.3 Å². The monoisotopic (exact) mass is 491 g/mol. The minimum absolute atomic E-state index is 0.0971. The lowest BCUT2D eigenvalue weighted by Crippen LogP contribution is -2.55. The van der Waals surface area contributed by atoms with E-state index in [0.717, 1.165) is 64.6 Å². The maximum atomic E-state index is 12.2. The van der Waals surface area contributed by atoms with Gasteiger partial charge in [0.1, 0.15) is 11.9 Å². The molecule has 37 heavy (non-hydrogen) atoms. The van der Waals surface area contributed by atoms with Crippen molar-refractivity contribution in [3.8, 4) is 17.6 Å². The Labute approximate surface area is 216 Å². The summed E-state index contributed by atoms with van der Waals surface area (Å²) in [5.41, 5.74) is 3.76. The highest BCUT2D eigenvalue weighted by Crippen LogP contribution is 2.43. The zero-order chi connectivity index (χ0) is 25.4. The summed E-state index contributed by atoms with van der Waals surface area (Å²) in [5, 5.41) is 2.06. The lowest BCUT2D eigenvalue weighted by Gasteiger charge is -2.50. The van der Waals surface area contributed by atoms with E-state index in [9.17, 15) is 4.79 Å². The van der Waals surface area contributed by atoms with E-state index in [1.165, 1.54) is 6.92 Å². The van der Waals surface area contributed by atoms with Gasteiger partial charge < -0.3 is 9.47 Å². The van der Waals surface area contributed by atoms with Gasteiger partial charge in [0.25, 0.3) is 0 Å². The van der Waals surface area contributed by atoms with Gasteiger partial charge in [0, 0.05) is 53.7 Å². The maximum Gasteiger partial charge on any atom is 0.303 e. The SMILES string of the molecule is COc1ccc2nccc([C@H](OC(C)=O)[C@H]3C[C@@H]4CCN3C[C@@H]4C#Cc3cnc4ccccc4c3)c2c1. The minimum atomic E-state index is -0.378. The normalized spacial score (nSPS) is 23.3. The molecule has 0 spiro atoms. The number of carbonyl (C=O) groups excluding carboxylic acids is 1. The summed E-state index contributed by atoms with van der Waals surface area (Å²) in [7, 11) is 1.65. The molecule has 2 aromatic carbocycles. The molecule has 1 unspecified atom stereocenters. The van der Waals surface area contributed by atoms with Crippen LogP contribution in [0.25, 0.3) is 21.8 Å². The molecule has 0 amide bonds. The second-order valence-electron chi connectivity index (χ2n) is 9.95. The molecule has 5 heterocycles. The number of para-hydroxylation sites is 1. The van der Waals surface area contributed by atoms with Gasteiger partial charge in [-0.2, -0.15) is 0 Å². The fourth-order valence-electron chi connectivity index (χ4n) is 5.91. The molecular formula is C31H29N3O3. The van der Waals surface area contributed by atoms with Crippen LogP contribution >= 0.6 is 0 Å². The first-order chi connectivity index (χ1) is 18.1. The Morgan fingerprint density at radius 2 is 2.00 bits per heavy atom. The number of piperidine rings is 3. The molecule has 0 radical (unpaired) electrons. The number of esters is 1. The van der Waals surface area contributed by atoms with Crippen LogP contribution in [0, 0.1) is 23.7 Å². The smallest absolute Gasteiger partial charge is 0.303 e. The highest BCUT2D eigenvalue weighted by molar-refractivity contribution is 5.84. The summed E-state index contributed by atoms with van der Waals surface area (Å²) in [6.45, 7) is 3.34. The van der Waals surface area contributed by atoms with Crippen molar-refractivity contribution in [3.05, 3.63) is 78.1 Å². The Morgan fingerprint density at radius 3 is 2.81 bits per heavy atom. The first kappa shape index (κ1) is 23.4. The lowest BCUT2D eigenvalue weighted by molar-refractivity contribution is -0.154. The molecule has 3 fully saturated rings. The molecule has 0 saturated carbocycles.